The Morgan fingerprint density at radius 2 is 1.71 bits per heavy atom. The molecule has 0 radical (unpaired) electrons. The maximum absolute atomic E-state index is 3.80. The van der Waals surface area contributed by atoms with Crippen LogP contribution in [0.3, 0.4) is 0 Å². The van der Waals surface area contributed by atoms with E-state index in [4.69, 9.17) is 0 Å². The van der Waals surface area contributed by atoms with Crippen molar-refractivity contribution in [2.45, 2.75) is 64.1 Å². The summed E-state index contributed by atoms with van der Waals surface area (Å²) in [5, 5.41) is 3.67. The first kappa shape index (κ1) is 15.8. The topological polar surface area (TPSA) is 15.3 Å². The molecule has 0 aliphatic carbocycles. The van der Waals surface area contributed by atoms with E-state index in [2.05, 4.69) is 68.1 Å². The number of benzene rings is 1. The molecule has 1 aromatic carbocycles. The molecule has 2 bridgehead atoms. The van der Waals surface area contributed by atoms with Gasteiger partial charge in [0.15, 0.2) is 0 Å². The van der Waals surface area contributed by atoms with Crippen LogP contribution in [-0.4, -0.2) is 24.7 Å². The van der Waals surface area contributed by atoms with Crippen LogP contribution >= 0.6 is 31.9 Å². The highest BCUT2D eigenvalue weighted by Gasteiger charge is 2.39. The summed E-state index contributed by atoms with van der Waals surface area (Å²) < 4.78 is 2.46. The van der Waals surface area contributed by atoms with Crippen LogP contribution in [0.15, 0.2) is 21.1 Å². The van der Waals surface area contributed by atoms with Crippen LogP contribution in [0.25, 0.3) is 0 Å². The molecule has 3 rings (SSSR count). The molecule has 116 valence electrons. The summed E-state index contributed by atoms with van der Waals surface area (Å²) in [7, 11) is 0. The Hall–Kier alpha value is -0.0600. The van der Waals surface area contributed by atoms with Gasteiger partial charge in [0.1, 0.15) is 0 Å². The predicted molar refractivity (Wildman–Crippen MR) is 97.2 cm³/mol. The first-order chi connectivity index (χ1) is 10.1. The Morgan fingerprint density at radius 1 is 1.14 bits per heavy atom. The van der Waals surface area contributed by atoms with Crippen molar-refractivity contribution in [1.82, 2.24) is 5.32 Å². The average Bonchev–Trinajstić information content (AvgIpc) is 2.38. The molecule has 2 unspecified atom stereocenters. The second kappa shape index (κ2) is 6.59. The largest absolute Gasteiger partial charge is 0.364 e. The zero-order valence-corrected chi connectivity index (χ0v) is 16.0. The average molecular weight is 416 g/mol. The maximum atomic E-state index is 3.80. The van der Waals surface area contributed by atoms with Crippen molar-refractivity contribution < 1.29 is 0 Å². The molecule has 2 aliphatic heterocycles. The molecular weight excluding hydrogens is 392 g/mol. The van der Waals surface area contributed by atoms with E-state index in [0.29, 0.717) is 18.1 Å². The third kappa shape index (κ3) is 3.18. The molecule has 0 amide bonds. The highest BCUT2D eigenvalue weighted by molar-refractivity contribution is 9.11. The number of anilines is 1. The number of aryl methyl sites for hydroxylation is 1. The molecular formula is C17H24Br2N2. The molecule has 2 nitrogen and oxygen atoms in total. The standard InChI is InChI=1S/C17H24Br2N2/c1-3-20-12-9-13-5-4-6-14(10-12)21(13)17-15(18)7-11(2)8-16(17)19/h7-8,12-14,20H,3-6,9-10H2,1-2H3. The van der Waals surface area contributed by atoms with E-state index >= 15 is 0 Å². The number of rotatable bonds is 3. The fraction of sp³-hybridized carbons (Fsp3) is 0.647. The van der Waals surface area contributed by atoms with E-state index in [9.17, 15) is 0 Å². The monoisotopic (exact) mass is 414 g/mol. The summed E-state index contributed by atoms with van der Waals surface area (Å²) >= 11 is 7.60. The van der Waals surface area contributed by atoms with Gasteiger partial charge in [-0.05, 0) is 95.1 Å². The summed E-state index contributed by atoms with van der Waals surface area (Å²) in [6, 6.07) is 6.54. The van der Waals surface area contributed by atoms with E-state index in [1.165, 1.54) is 52.3 Å². The van der Waals surface area contributed by atoms with Crippen LogP contribution in [0.4, 0.5) is 5.69 Å². The second-order valence-corrected chi connectivity index (χ2v) is 8.16. The van der Waals surface area contributed by atoms with Gasteiger partial charge in [-0.15, -0.1) is 0 Å². The molecule has 0 spiro atoms. The van der Waals surface area contributed by atoms with Crippen molar-refractivity contribution in [3.05, 3.63) is 26.6 Å². The first-order valence-corrected chi connectivity index (χ1v) is 9.66. The quantitative estimate of drug-likeness (QED) is 0.745. The molecule has 0 aromatic heterocycles. The normalized spacial score (nSPS) is 28.8. The summed E-state index contributed by atoms with van der Waals surface area (Å²) in [6.45, 7) is 5.45. The van der Waals surface area contributed by atoms with E-state index < -0.39 is 0 Å². The first-order valence-electron chi connectivity index (χ1n) is 8.07. The van der Waals surface area contributed by atoms with E-state index in [-0.39, 0.29) is 0 Å². The Morgan fingerprint density at radius 3 is 2.24 bits per heavy atom. The third-order valence-corrected chi connectivity index (χ3v) is 6.10. The number of nitrogens with zero attached hydrogens (tertiary/aromatic N) is 1. The number of nitrogens with one attached hydrogen (secondary N) is 1. The minimum Gasteiger partial charge on any atom is -0.364 e. The van der Waals surface area contributed by atoms with Crippen LogP contribution in [0, 0.1) is 6.92 Å². The van der Waals surface area contributed by atoms with Gasteiger partial charge in [-0.3, -0.25) is 0 Å². The van der Waals surface area contributed by atoms with Gasteiger partial charge in [0.2, 0.25) is 0 Å². The zero-order chi connectivity index (χ0) is 15.0. The molecule has 2 saturated heterocycles. The lowest BCUT2D eigenvalue weighted by molar-refractivity contribution is 0.247. The summed E-state index contributed by atoms with van der Waals surface area (Å²) in [5.41, 5.74) is 2.66. The van der Waals surface area contributed by atoms with E-state index in [0.717, 1.165) is 6.54 Å². The number of fused-ring (bicyclic) bond motifs is 2. The molecule has 4 heteroatoms. The Kier molecular flexibility index (Phi) is 4.97. The summed E-state index contributed by atoms with van der Waals surface area (Å²) in [5.74, 6) is 0. The smallest absolute Gasteiger partial charge is 0.0660 e. The van der Waals surface area contributed by atoms with Crippen LogP contribution in [0.5, 0.6) is 0 Å². The SMILES string of the molecule is CCNC1CC2CCCC(C1)N2c1c(Br)cc(C)cc1Br. The molecule has 1 N–H and O–H groups in total. The minimum absolute atomic E-state index is 0.678. The lowest BCUT2D eigenvalue weighted by atomic mass is 9.81. The molecule has 21 heavy (non-hydrogen) atoms. The Balaban J connectivity index is 1.92. The zero-order valence-electron chi connectivity index (χ0n) is 12.8. The van der Waals surface area contributed by atoms with E-state index in [1.807, 2.05) is 0 Å². The van der Waals surface area contributed by atoms with Crippen LogP contribution < -0.4 is 10.2 Å². The molecule has 1 aromatic rings. The minimum atomic E-state index is 0.678. The predicted octanol–water partition coefficient (Wildman–Crippen LogP) is 5.02. The van der Waals surface area contributed by atoms with Crippen molar-refractivity contribution in [3.63, 3.8) is 0 Å². The highest BCUT2D eigenvalue weighted by atomic mass is 79.9. The fourth-order valence-electron chi connectivity index (χ4n) is 4.14. The molecule has 2 atom stereocenters. The summed E-state index contributed by atoms with van der Waals surface area (Å²) in [4.78, 5) is 2.70. The van der Waals surface area contributed by atoms with Gasteiger partial charge in [0.05, 0.1) is 5.69 Å². The molecule has 2 heterocycles. The van der Waals surface area contributed by atoms with Crippen molar-refractivity contribution in [2.24, 2.45) is 0 Å². The van der Waals surface area contributed by atoms with Crippen molar-refractivity contribution in [3.8, 4) is 0 Å². The van der Waals surface area contributed by atoms with Crippen molar-refractivity contribution in [2.75, 3.05) is 11.4 Å². The highest BCUT2D eigenvalue weighted by Crippen LogP contribution is 2.44. The van der Waals surface area contributed by atoms with Gasteiger partial charge < -0.3 is 10.2 Å². The van der Waals surface area contributed by atoms with E-state index in [1.54, 1.807) is 0 Å². The Labute approximate surface area is 144 Å². The maximum Gasteiger partial charge on any atom is 0.0660 e. The number of halogens is 2. The van der Waals surface area contributed by atoms with Crippen molar-refractivity contribution in [1.29, 1.82) is 0 Å². The number of piperidine rings is 2. The lowest BCUT2D eigenvalue weighted by Gasteiger charge is -2.51. The van der Waals surface area contributed by atoms with Gasteiger partial charge in [-0.2, -0.15) is 0 Å². The van der Waals surface area contributed by atoms with Gasteiger partial charge in [0, 0.05) is 27.1 Å². The lowest BCUT2D eigenvalue weighted by Crippen LogP contribution is -2.56. The molecule has 0 saturated carbocycles. The van der Waals surface area contributed by atoms with Crippen LogP contribution in [-0.2, 0) is 0 Å². The van der Waals surface area contributed by atoms with Gasteiger partial charge in [-0.25, -0.2) is 0 Å². The second-order valence-electron chi connectivity index (χ2n) is 6.45. The van der Waals surface area contributed by atoms with Gasteiger partial charge >= 0.3 is 0 Å². The van der Waals surface area contributed by atoms with Crippen LogP contribution in [0.2, 0.25) is 0 Å². The summed E-state index contributed by atoms with van der Waals surface area (Å²) in [6.07, 6.45) is 6.58. The van der Waals surface area contributed by atoms with Gasteiger partial charge in [-0.1, -0.05) is 6.92 Å². The van der Waals surface area contributed by atoms with Crippen molar-refractivity contribution >= 4 is 37.5 Å². The number of hydrogen-bond donors (Lipinski definition) is 1. The fourth-order valence-corrected chi connectivity index (χ4v) is 5.97. The molecule has 2 fully saturated rings. The van der Waals surface area contributed by atoms with Gasteiger partial charge in [0.25, 0.3) is 0 Å². The molecule has 2 aliphatic rings. The van der Waals surface area contributed by atoms with Crippen LogP contribution in [0.1, 0.15) is 44.6 Å². The third-order valence-electron chi connectivity index (χ3n) is 4.89. The Bertz CT molecular complexity index is 481. The number of hydrogen-bond acceptors (Lipinski definition) is 2.